The van der Waals surface area contributed by atoms with Crippen LogP contribution in [0.1, 0.15) is 19.3 Å². The molecule has 0 aliphatic heterocycles. The molecule has 2 rings (SSSR count). The Bertz CT molecular complexity index is 440. The lowest BCUT2D eigenvalue weighted by atomic mass is 10.2. The zero-order valence-corrected chi connectivity index (χ0v) is 9.82. The van der Waals surface area contributed by atoms with Crippen LogP contribution in [0.4, 0.5) is 5.82 Å². The molecule has 86 valence electrons. The third-order valence-corrected chi connectivity index (χ3v) is 2.64. The second kappa shape index (κ2) is 5.70. The van der Waals surface area contributed by atoms with Gasteiger partial charge in [0, 0.05) is 24.7 Å². The fourth-order valence-electron chi connectivity index (χ4n) is 1.52. The van der Waals surface area contributed by atoms with Crippen LogP contribution in [0, 0.1) is 0 Å². The molecule has 0 bridgehead atoms. The average Bonchev–Trinajstić information content (AvgIpc) is 2.76. The first kappa shape index (κ1) is 11.2. The Hall–Kier alpha value is -1.29. The molecule has 4 nitrogen and oxygen atoms in total. The van der Waals surface area contributed by atoms with Crippen molar-refractivity contribution in [1.82, 2.24) is 14.6 Å². The first-order chi connectivity index (χ1) is 7.90. The van der Waals surface area contributed by atoms with Gasteiger partial charge < -0.3 is 5.32 Å². The van der Waals surface area contributed by atoms with E-state index in [0.29, 0.717) is 0 Å². The molecule has 16 heavy (non-hydrogen) atoms. The number of aromatic nitrogens is 3. The predicted molar refractivity (Wildman–Crippen MR) is 66.0 cm³/mol. The number of anilines is 1. The van der Waals surface area contributed by atoms with Crippen LogP contribution >= 0.6 is 11.6 Å². The number of alkyl halides is 1. The van der Waals surface area contributed by atoms with Crippen molar-refractivity contribution in [1.29, 1.82) is 0 Å². The van der Waals surface area contributed by atoms with Crippen LogP contribution in [0.25, 0.3) is 5.65 Å². The van der Waals surface area contributed by atoms with Crippen molar-refractivity contribution >= 4 is 23.1 Å². The Balaban J connectivity index is 1.84. The summed E-state index contributed by atoms with van der Waals surface area (Å²) in [5.74, 6) is 1.65. The molecule has 5 heteroatoms. The van der Waals surface area contributed by atoms with Crippen molar-refractivity contribution in [3.05, 3.63) is 24.5 Å². The van der Waals surface area contributed by atoms with E-state index >= 15 is 0 Å². The van der Waals surface area contributed by atoms with Crippen LogP contribution in [0.15, 0.2) is 24.5 Å². The highest BCUT2D eigenvalue weighted by atomic mass is 35.5. The number of halogens is 1. The summed E-state index contributed by atoms with van der Waals surface area (Å²) < 4.78 is 1.75. The summed E-state index contributed by atoms with van der Waals surface area (Å²) in [6.45, 7) is 0.939. The maximum Gasteiger partial charge on any atom is 0.157 e. The van der Waals surface area contributed by atoms with Gasteiger partial charge in [0.05, 0.1) is 6.20 Å². The number of hydrogen-bond acceptors (Lipinski definition) is 3. The number of fused-ring (bicyclic) bond motifs is 1. The summed E-state index contributed by atoms with van der Waals surface area (Å²) >= 11 is 5.61. The van der Waals surface area contributed by atoms with Gasteiger partial charge in [0.25, 0.3) is 0 Å². The minimum Gasteiger partial charge on any atom is -0.370 e. The minimum atomic E-state index is 0.750. The van der Waals surface area contributed by atoms with E-state index in [9.17, 15) is 0 Å². The van der Waals surface area contributed by atoms with Crippen LogP contribution in [0.2, 0.25) is 0 Å². The monoisotopic (exact) mass is 238 g/mol. The van der Waals surface area contributed by atoms with E-state index in [1.807, 2.05) is 18.3 Å². The fourth-order valence-corrected chi connectivity index (χ4v) is 1.71. The maximum absolute atomic E-state index is 5.61. The average molecular weight is 239 g/mol. The van der Waals surface area contributed by atoms with Crippen LogP contribution in [-0.2, 0) is 0 Å². The van der Waals surface area contributed by atoms with Gasteiger partial charge in [-0.2, -0.15) is 5.10 Å². The highest BCUT2D eigenvalue weighted by Crippen LogP contribution is 2.06. The molecule has 0 saturated heterocycles. The number of rotatable bonds is 6. The van der Waals surface area contributed by atoms with Gasteiger partial charge in [0.2, 0.25) is 0 Å². The van der Waals surface area contributed by atoms with Crippen molar-refractivity contribution in [3.63, 3.8) is 0 Å². The van der Waals surface area contributed by atoms with Crippen LogP contribution in [0.3, 0.4) is 0 Å². The summed E-state index contributed by atoms with van der Waals surface area (Å²) in [6, 6.07) is 3.82. The molecule has 0 aliphatic carbocycles. The molecule has 0 aliphatic rings. The third-order valence-electron chi connectivity index (χ3n) is 2.37. The van der Waals surface area contributed by atoms with E-state index in [4.69, 9.17) is 11.6 Å². The third kappa shape index (κ3) is 2.85. The van der Waals surface area contributed by atoms with Crippen molar-refractivity contribution in [2.75, 3.05) is 17.7 Å². The second-order valence-electron chi connectivity index (χ2n) is 3.62. The van der Waals surface area contributed by atoms with Gasteiger partial charge in [0.1, 0.15) is 5.82 Å². The van der Waals surface area contributed by atoms with Gasteiger partial charge in [-0.25, -0.2) is 9.50 Å². The number of nitrogens with zero attached hydrogens (tertiary/aromatic N) is 3. The van der Waals surface area contributed by atoms with Crippen molar-refractivity contribution in [2.24, 2.45) is 0 Å². The lowest BCUT2D eigenvalue weighted by Gasteiger charge is -2.04. The van der Waals surface area contributed by atoms with E-state index in [2.05, 4.69) is 15.4 Å². The minimum absolute atomic E-state index is 0.750. The Morgan fingerprint density at radius 1 is 1.25 bits per heavy atom. The molecule has 0 amide bonds. The lowest BCUT2D eigenvalue weighted by molar-refractivity contribution is 0.745. The standard InChI is InChI=1S/C11H15ClN4/c12-6-2-1-3-7-13-10-5-9-16-11(15-10)4-8-14-16/h4-5,8-9H,1-3,6-7H2,(H,13,15). The highest BCUT2D eigenvalue weighted by molar-refractivity contribution is 6.17. The molecule has 0 spiro atoms. The van der Waals surface area contributed by atoms with Crippen molar-refractivity contribution in [3.8, 4) is 0 Å². The van der Waals surface area contributed by atoms with Crippen molar-refractivity contribution < 1.29 is 0 Å². The Morgan fingerprint density at radius 3 is 3.06 bits per heavy atom. The molecule has 0 aromatic carbocycles. The predicted octanol–water partition coefficient (Wildman–Crippen LogP) is 2.55. The van der Waals surface area contributed by atoms with Gasteiger partial charge in [-0.3, -0.25) is 0 Å². The Labute approximate surface area is 99.6 Å². The largest absolute Gasteiger partial charge is 0.370 e. The van der Waals surface area contributed by atoms with E-state index in [1.54, 1.807) is 10.7 Å². The molecule has 2 aromatic heterocycles. The number of unbranched alkanes of at least 4 members (excludes halogenated alkanes) is 2. The molecule has 2 heterocycles. The van der Waals surface area contributed by atoms with Crippen LogP contribution in [0.5, 0.6) is 0 Å². The summed E-state index contributed by atoms with van der Waals surface area (Å²) in [6.07, 6.45) is 7.01. The van der Waals surface area contributed by atoms with Crippen LogP contribution in [-0.4, -0.2) is 27.0 Å². The summed E-state index contributed by atoms with van der Waals surface area (Å²) in [7, 11) is 0. The fraction of sp³-hybridized carbons (Fsp3) is 0.455. The van der Waals surface area contributed by atoms with E-state index in [1.165, 1.54) is 0 Å². The lowest BCUT2D eigenvalue weighted by Crippen LogP contribution is -2.04. The van der Waals surface area contributed by atoms with E-state index < -0.39 is 0 Å². The topological polar surface area (TPSA) is 42.2 Å². The van der Waals surface area contributed by atoms with Gasteiger partial charge in [-0.15, -0.1) is 11.6 Å². The second-order valence-corrected chi connectivity index (χ2v) is 4.00. The molecular weight excluding hydrogens is 224 g/mol. The first-order valence-corrected chi connectivity index (χ1v) is 6.04. The number of nitrogens with one attached hydrogen (secondary N) is 1. The molecule has 0 fully saturated rings. The highest BCUT2D eigenvalue weighted by Gasteiger charge is 1.97. The molecule has 2 aromatic rings. The number of hydrogen-bond donors (Lipinski definition) is 1. The molecule has 0 atom stereocenters. The smallest absolute Gasteiger partial charge is 0.157 e. The van der Waals surface area contributed by atoms with Gasteiger partial charge in [-0.05, 0) is 18.9 Å². The molecule has 0 saturated carbocycles. The maximum atomic E-state index is 5.61. The summed E-state index contributed by atoms with van der Waals surface area (Å²) in [5, 5.41) is 7.38. The first-order valence-electron chi connectivity index (χ1n) is 5.50. The molecule has 0 unspecified atom stereocenters. The SMILES string of the molecule is ClCCCCCNc1ccn2nccc2n1. The zero-order chi connectivity index (χ0) is 11.2. The quantitative estimate of drug-likeness (QED) is 0.621. The van der Waals surface area contributed by atoms with Crippen molar-refractivity contribution in [2.45, 2.75) is 19.3 Å². The normalized spacial score (nSPS) is 10.8. The summed E-state index contributed by atoms with van der Waals surface area (Å²) in [4.78, 5) is 4.42. The van der Waals surface area contributed by atoms with Crippen LogP contribution < -0.4 is 5.32 Å². The Kier molecular flexibility index (Phi) is 3.99. The summed E-state index contributed by atoms with van der Waals surface area (Å²) in [5.41, 5.74) is 0.866. The van der Waals surface area contributed by atoms with E-state index in [0.717, 1.165) is 43.2 Å². The molecular formula is C11H15ClN4. The molecule has 0 radical (unpaired) electrons. The van der Waals surface area contributed by atoms with Gasteiger partial charge >= 0.3 is 0 Å². The zero-order valence-electron chi connectivity index (χ0n) is 9.06. The van der Waals surface area contributed by atoms with E-state index in [-0.39, 0.29) is 0 Å². The Morgan fingerprint density at radius 2 is 2.19 bits per heavy atom. The van der Waals surface area contributed by atoms with Gasteiger partial charge in [-0.1, -0.05) is 6.42 Å². The van der Waals surface area contributed by atoms with Gasteiger partial charge in [0.15, 0.2) is 5.65 Å². The molecule has 1 N–H and O–H groups in total.